The molecule has 0 amide bonds. The molecule has 1 aliphatic carbocycles. The fourth-order valence-electron chi connectivity index (χ4n) is 6.50. The average Bonchev–Trinajstić information content (AvgIpc) is 3.37. The molecule has 0 atom stereocenters. The topological polar surface area (TPSA) is 30.7 Å². The van der Waals surface area contributed by atoms with Crippen LogP contribution < -0.4 is 0 Å². The van der Waals surface area contributed by atoms with Crippen LogP contribution >= 0.6 is 0 Å². The molecule has 0 unspecified atom stereocenters. The van der Waals surface area contributed by atoms with E-state index in [1.54, 1.807) is 0 Å². The fraction of sp³-hybridized carbons (Fsp3) is 0.0909. The molecule has 0 radical (unpaired) electrons. The van der Waals surface area contributed by atoms with Gasteiger partial charge in [-0.25, -0.2) is 0 Å². The van der Waals surface area contributed by atoms with Gasteiger partial charge in [0.25, 0.3) is 0 Å². The predicted molar refractivity (Wildman–Crippen MR) is 149 cm³/mol. The van der Waals surface area contributed by atoms with Crippen LogP contribution in [0.2, 0.25) is 0 Å². The Morgan fingerprint density at radius 3 is 2.50 bits per heavy atom. The lowest BCUT2D eigenvalue weighted by molar-refractivity contribution is 0.664. The molecule has 0 N–H and O–H groups in total. The number of nitrogens with zero attached hydrogens (tertiary/aromatic N) is 3. The zero-order valence-corrected chi connectivity index (χ0v) is 20.2. The second kappa shape index (κ2) is 6.79. The summed E-state index contributed by atoms with van der Waals surface area (Å²) in [7, 11) is 0. The first-order valence-electron chi connectivity index (χ1n) is 12.4. The monoisotopic (exact) mass is 461 g/mol. The van der Waals surface area contributed by atoms with Crippen molar-refractivity contribution in [3.63, 3.8) is 0 Å². The van der Waals surface area contributed by atoms with E-state index in [2.05, 4.69) is 103 Å². The van der Waals surface area contributed by atoms with E-state index in [0.29, 0.717) is 0 Å². The minimum atomic E-state index is -0.124. The summed E-state index contributed by atoms with van der Waals surface area (Å²) in [5.41, 5.74) is 10.8. The minimum absolute atomic E-state index is 0.124. The lowest BCUT2D eigenvalue weighted by Crippen LogP contribution is -2.16. The van der Waals surface area contributed by atoms with Crippen LogP contribution in [0.3, 0.4) is 0 Å². The number of hydrogen-bond acceptors (Lipinski definition) is 2. The molecule has 0 saturated heterocycles. The van der Waals surface area contributed by atoms with Crippen molar-refractivity contribution in [1.82, 2.24) is 14.5 Å². The van der Waals surface area contributed by atoms with Gasteiger partial charge >= 0.3 is 0 Å². The first kappa shape index (κ1) is 19.8. The van der Waals surface area contributed by atoms with Crippen LogP contribution in [0.15, 0.2) is 103 Å². The third kappa shape index (κ3) is 2.37. The Labute approximate surface area is 208 Å². The maximum absolute atomic E-state index is 4.82. The first-order valence-corrected chi connectivity index (χ1v) is 12.4. The average molecular weight is 462 g/mol. The molecule has 3 heterocycles. The van der Waals surface area contributed by atoms with Crippen LogP contribution in [0, 0.1) is 0 Å². The SMILES string of the molecule is CC1(C)c2ccccc2-c2ccc3c4ccccc4n(-c4cccc5ncc6cccnc6c45)c3c21. The number of fused-ring (bicyclic) bond motifs is 10. The Morgan fingerprint density at radius 1 is 0.694 bits per heavy atom. The lowest BCUT2D eigenvalue weighted by Gasteiger charge is -2.24. The highest BCUT2D eigenvalue weighted by atomic mass is 15.0. The maximum Gasteiger partial charge on any atom is 0.0832 e. The number of hydrogen-bond donors (Lipinski definition) is 0. The smallest absolute Gasteiger partial charge is 0.0832 e. The van der Waals surface area contributed by atoms with E-state index in [1.807, 2.05) is 18.5 Å². The quantitative estimate of drug-likeness (QED) is 0.231. The lowest BCUT2D eigenvalue weighted by atomic mass is 9.81. The molecule has 7 aromatic rings. The van der Waals surface area contributed by atoms with Crippen LogP contribution in [0.4, 0.5) is 0 Å². The minimum Gasteiger partial charge on any atom is -0.308 e. The van der Waals surface area contributed by atoms with Gasteiger partial charge < -0.3 is 4.57 Å². The second-order valence-electron chi connectivity index (χ2n) is 10.3. The molecule has 0 spiro atoms. The van der Waals surface area contributed by atoms with Crippen LogP contribution in [0.25, 0.3) is 60.4 Å². The van der Waals surface area contributed by atoms with Crippen molar-refractivity contribution < 1.29 is 0 Å². The summed E-state index contributed by atoms with van der Waals surface area (Å²) in [4.78, 5) is 9.64. The van der Waals surface area contributed by atoms with E-state index in [-0.39, 0.29) is 5.41 Å². The number of para-hydroxylation sites is 1. The molecule has 0 fully saturated rings. The van der Waals surface area contributed by atoms with Crippen molar-refractivity contribution in [3.05, 3.63) is 115 Å². The van der Waals surface area contributed by atoms with E-state index in [0.717, 1.165) is 27.5 Å². The molecular formula is C33H23N3. The van der Waals surface area contributed by atoms with Crippen molar-refractivity contribution in [2.75, 3.05) is 0 Å². The number of rotatable bonds is 1. The van der Waals surface area contributed by atoms with Crippen molar-refractivity contribution in [2.45, 2.75) is 19.3 Å². The van der Waals surface area contributed by atoms with Crippen LogP contribution in [0.1, 0.15) is 25.0 Å². The summed E-state index contributed by atoms with van der Waals surface area (Å²) in [6.45, 7) is 4.72. The Hall–Kier alpha value is -4.50. The van der Waals surface area contributed by atoms with E-state index >= 15 is 0 Å². The second-order valence-corrected chi connectivity index (χ2v) is 10.3. The van der Waals surface area contributed by atoms with Crippen molar-refractivity contribution in [3.8, 4) is 16.8 Å². The third-order valence-corrected chi connectivity index (χ3v) is 8.03. The molecule has 3 nitrogen and oxygen atoms in total. The molecule has 0 saturated carbocycles. The van der Waals surface area contributed by atoms with Crippen LogP contribution in [-0.2, 0) is 5.41 Å². The molecule has 3 heteroatoms. The van der Waals surface area contributed by atoms with E-state index in [1.165, 1.54) is 44.1 Å². The number of pyridine rings is 2. The Balaban J connectivity index is 1.63. The molecular weight excluding hydrogens is 438 g/mol. The fourth-order valence-corrected chi connectivity index (χ4v) is 6.50. The Kier molecular flexibility index (Phi) is 3.73. The summed E-state index contributed by atoms with van der Waals surface area (Å²) in [6.07, 6.45) is 3.81. The van der Waals surface area contributed by atoms with Gasteiger partial charge in [0.1, 0.15) is 0 Å². The van der Waals surface area contributed by atoms with Crippen LogP contribution in [-0.4, -0.2) is 14.5 Å². The van der Waals surface area contributed by atoms with E-state index in [4.69, 9.17) is 9.97 Å². The van der Waals surface area contributed by atoms with Gasteiger partial charge in [-0.15, -0.1) is 0 Å². The maximum atomic E-state index is 4.82. The van der Waals surface area contributed by atoms with Crippen molar-refractivity contribution in [1.29, 1.82) is 0 Å². The summed E-state index contributed by atoms with van der Waals surface area (Å²) in [6, 6.07) is 32.7. The van der Waals surface area contributed by atoms with E-state index < -0.39 is 0 Å². The van der Waals surface area contributed by atoms with Gasteiger partial charge in [0.15, 0.2) is 0 Å². The molecule has 8 rings (SSSR count). The van der Waals surface area contributed by atoms with Crippen LogP contribution in [0.5, 0.6) is 0 Å². The zero-order valence-electron chi connectivity index (χ0n) is 20.2. The number of benzene rings is 4. The summed E-state index contributed by atoms with van der Waals surface area (Å²) in [5, 5.41) is 4.68. The van der Waals surface area contributed by atoms with Gasteiger partial charge in [0, 0.05) is 34.0 Å². The molecule has 1 aliphatic rings. The molecule has 36 heavy (non-hydrogen) atoms. The third-order valence-electron chi connectivity index (χ3n) is 8.03. The van der Waals surface area contributed by atoms with Crippen molar-refractivity contribution >= 4 is 43.6 Å². The predicted octanol–water partition coefficient (Wildman–Crippen LogP) is 8.19. The molecule has 0 aliphatic heterocycles. The number of aromatic nitrogens is 3. The highest BCUT2D eigenvalue weighted by Crippen LogP contribution is 2.53. The standard InChI is InChI=1S/C33H23N3/c1-33(2)25-12-5-3-10-21(25)23-16-17-24-22-11-4-6-14-27(22)36(32(24)30(23)33)28-15-7-13-26-29(28)31-20(19-35-26)9-8-18-34-31/h3-19H,1-2H3. The first-order chi connectivity index (χ1) is 17.6. The van der Waals surface area contributed by atoms with E-state index in [9.17, 15) is 0 Å². The highest BCUT2D eigenvalue weighted by Gasteiger charge is 2.38. The molecule has 0 bridgehead atoms. The summed E-state index contributed by atoms with van der Waals surface area (Å²) in [5.74, 6) is 0. The molecule has 4 aromatic carbocycles. The van der Waals surface area contributed by atoms with Crippen molar-refractivity contribution in [2.24, 2.45) is 0 Å². The van der Waals surface area contributed by atoms with Gasteiger partial charge in [-0.05, 0) is 52.6 Å². The Bertz CT molecular complexity index is 2030. The van der Waals surface area contributed by atoms with Gasteiger partial charge in [-0.1, -0.05) is 74.5 Å². The van der Waals surface area contributed by atoms with Gasteiger partial charge in [0.05, 0.1) is 33.1 Å². The highest BCUT2D eigenvalue weighted by molar-refractivity contribution is 6.16. The Morgan fingerprint density at radius 2 is 1.56 bits per heavy atom. The normalized spacial score (nSPS) is 14.1. The summed E-state index contributed by atoms with van der Waals surface area (Å²) >= 11 is 0. The molecule has 3 aromatic heterocycles. The van der Waals surface area contributed by atoms with Gasteiger partial charge in [-0.3, -0.25) is 9.97 Å². The van der Waals surface area contributed by atoms with Gasteiger partial charge in [-0.2, -0.15) is 0 Å². The summed E-state index contributed by atoms with van der Waals surface area (Å²) < 4.78 is 2.47. The zero-order chi connectivity index (χ0) is 24.0. The van der Waals surface area contributed by atoms with Gasteiger partial charge in [0.2, 0.25) is 0 Å². The largest absolute Gasteiger partial charge is 0.308 e. The molecule has 170 valence electrons.